The van der Waals surface area contributed by atoms with E-state index in [1.54, 1.807) is 7.11 Å². The Balaban J connectivity index is 2.01. The lowest BCUT2D eigenvalue weighted by atomic mass is 10.1. The third kappa shape index (κ3) is 2.33. The molecular weight excluding hydrogens is 240 g/mol. The van der Waals surface area contributed by atoms with E-state index in [4.69, 9.17) is 9.47 Å². The summed E-state index contributed by atoms with van der Waals surface area (Å²) in [5, 5.41) is 4.63. The predicted octanol–water partition coefficient (Wildman–Crippen LogP) is 2.54. The van der Waals surface area contributed by atoms with Crippen LogP contribution in [0.15, 0.2) is 18.2 Å². The maximum Gasteiger partial charge on any atom is 0.119 e. The Labute approximate surface area is 113 Å². The number of ether oxygens (including phenoxy) is 2. The van der Waals surface area contributed by atoms with Crippen LogP contribution in [-0.4, -0.2) is 31.8 Å². The maximum atomic E-state index is 5.93. The van der Waals surface area contributed by atoms with E-state index in [0.29, 0.717) is 0 Å². The monoisotopic (exact) mass is 260 g/mol. The standard InChI is InChI=1S/C15H20N2O2/c1-10-12-8-11(18-2)4-5-13(12)17-15(10)14-9-16-6-3-7-19-14/h4-5,8,14,16-17H,3,6-7,9H2,1-2H3. The molecule has 1 aliphatic heterocycles. The van der Waals surface area contributed by atoms with Gasteiger partial charge in [-0.05, 0) is 43.7 Å². The SMILES string of the molecule is COc1ccc2[nH]c(C3CNCCCO3)c(C)c2c1. The van der Waals surface area contributed by atoms with Gasteiger partial charge in [0.1, 0.15) is 11.9 Å². The summed E-state index contributed by atoms with van der Waals surface area (Å²) >= 11 is 0. The van der Waals surface area contributed by atoms with Crippen molar-refractivity contribution in [2.45, 2.75) is 19.4 Å². The van der Waals surface area contributed by atoms with Gasteiger partial charge in [-0.15, -0.1) is 0 Å². The molecule has 1 aliphatic rings. The van der Waals surface area contributed by atoms with Gasteiger partial charge in [0, 0.05) is 29.7 Å². The number of H-pyrrole nitrogens is 1. The lowest BCUT2D eigenvalue weighted by molar-refractivity contribution is 0.0640. The first kappa shape index (κ1) is 12.5. The molecule has 0 spiro atoms. The quantitative estimate of drug-likeness (QED) is 0.872. The predicted molar refractivity (Wildman–Crippen MR) is 75.8 cm³/mol. The minimum absolute atomic E-state index is 0.112. The van der Waals surface area contributed by atoms with Crippen LogP contribution in [0.1, 0.15) is 23.8 Å². The number of aromatic amines is 1. The second kappa shape index (κ2) is 5.23. The lowest BCUT2D eigenvalue weighted by Gasteiger charge is -2.14. The molecule has 0 amide bonds. The van der Waals surface area contributed by atoms with Gasteiger partial charge >= 0.3 is 0 Å². The molecule has 102 valence electrons. The highest BCUT2D eigenvalue weighted by atomic mass is 16.5. The molecule has 4 heteroatoms. The summed E-state index contributed by atoms with van der Waals surface area (Å²) < 4.78 is 11.2. The molecule has 2 N–H and O–H groups in total. The molecule has 1 unspecified atom stereocenters. The molecule has 1 saturated heterocycles. The minimum Gasteiger partial charge on any atom is -0.497 e. The Morgan fingerprint density at radius 2 is 2.26 bits per heavy atom. The van der Waals surface area contributed by atoms with Crippen molar-refractivity contribution >= 4 is 10.9 Å². The minimum atomic E-state index is 0.112. The number of benzene rings is 1. The van der Waals surface area contributed by atoms with Crippen LogP contribution in [-0.2, 0) is 4.74 Å². The zero-order valence-electron chi connectivity index (χ0n) is 11.5. The second-order valence-corrected chi connectivity index (χ2v) is 4.99. The number of nitrogens with one attached hydrogen (secondary N) is 2. The summed E-state index contributed by atoms with van der Waals surface area (Å²) in [5.41, 5.74) is 3.57. The Bertz CT molecular complexity index is 569. The number of rotatable bonds is 2. The Hall–Kier alpha value is -1.52. The van der Waals surface area contributed by atoms with E-state index in [1.807, 2.05) is 6.07 Å². The number of hydrogen-bond donors (Lipinski definition) is 2. The largest absolute Gasteiger partial charge is 0.497 e. The van der Waals surface area contributed by atoms with Gasteiger partial charge in [0.25, 0.3) is 0 Å². The fourth-order valence-corrected chi connectivity index (χ4v) is 2.68. The Morgan fingerprint density at radius 3 is 3.11 bits per heavy atom. The normalized spacial score (nSPS) is 20.4. The number of methoxy groups -OCH3 is 1. The van der Waals surface area contributed by atoms with E-state index < -0.39 is 0 Å². The summed E-state index contributed by atoms with van der Waals surface area (Å²) in [6.07, 6.45) is 1.18. The summed E-state index contributed by atoms with van der Waals surface area (Å²) in [4.78, 5) is 3.49. The van der Waals surface area contributed by atoms with E-state index in [9.17, 15) is 0 Å². The maximum absolute atomic E-state index is 5.93. The van der Waals surface area contributed by atoms with Gasteiger partial charge < -0.3 is 19.8 Å². The van der Waals surface area contributed by atoms with E-state index in [1.165, 1.54) is 16.6 Å². The zero-order chi connectivity index (χ0) is 13.2. The van der Waals surface area contributed by atoms with Gasteiger partial charge in [0.2, 0.25) is 0 Å². The molecule has 1 aromatic heterocycles. The number of aryl methyl sites for hydroxylation is 1. The zero-order valence-corrected chi connectivity index (χ0v) is 11.5. The highest BCUT2D eigenvalue weighted by molar-refractivity contribution is 5.85. The summed E-state index contributed by atoms with van der Waals surface area (Å²) in [6.45, 7) is 4.85. The van der Waals surface area contributed by atoms with Gasteiger partial charge in [-0.25, -0.2) is 0 Å². The van der Waals surface area contributed by atoms with Crippen molar-refractivity contribution in [1.82, 2.24) is 10.3 Å². The molecule has 0 saturated carbocycles. The van der Waals surface area contributed by atoms with Crippen LogP contribution >= 0.6 is 0 Å². The second-order valence-electron chi connectivity index (χ2n) is 4.99. The Kier molecular flexibility index (Phi) is 3.44. The van der Waals surface area contributed by atoms with E-state index >= 15 is 0 Å². The third-order valence-corrected chi connectivity index (χ3v) is 3.77. The first-order valence-electron chi connectivity index (χ1n) is 6.78. The van der Waals surface area contributed by atoms with Crippen LogP contribution in [0, 0.1) is 6.92 Å². The number of hydrogen-bond acceptors (Lipinski definition) is 3. The first-order valence-corrected chi connectivity index (χ1v) is 6.78. The van der Waals surface area contributed by atoms with Crippen molar-refractivity contribution in [2.24, 2.45) is 0 Å². The van der Waals surface area contributed by atoms with Crippen LogP contribution in [0.2, 0.25) is 0 Å². The first-order chi connectivity index (χ1) is 9.29. The number of aromatic nitrogens is 1. The van der Waals surface area contributed by atoms with E-state index in [2.05, 4.69) is 29.4 Å². The molecule has 1 fully saturated rings. The van der Waals surface area contributed by atoms with Gasteiger partial charge in [-0.1, -0.05) is 0 Å². The molecule has 1 aromatic carbocycles. The van der Waals surface area contributed by atoms with Crippen LogP contribution < -0.4 is 10.1 Å². The Morgan fingerprint density at radius 1 is 1.37 bits per heavy atom. The lowest BCUT2D eigenvalue weighted by Crippen LogP contribution is -2.20. The molecular formula is C15H20N2O2. The molecule has 1 atom stereocenters. The molecule has 0 bridgehead atoms. The summed E-state index contributed by atoms with van der Waals surface area (Å²) in [5.74, 6) is 0.890. The topological polar surface area (TPSA) is 46.3 Å². The van der Waals surface area contributed by atoms with Gasteiger partial charge in [-0.2, -0.15) is 0 Å². The van der Waals surface area contributed by atoms with E-state index in [-0.39, 0.29) is 6.10 Å². The van der Waals surface area contributed by atoms with Gasteiger partial charge in [0.15, 0.2) is 0 Å². The van der Waals surface area contributed by atoms with Crippen molar-refractivity contribution in [1.29, 1.82) is 0 Å². The number of fused-ring (bicyclic) bond motifs is 1. The molecule has 0 aliphatic carbocycles. The molecule has 19 heavy (non-hydrogen) atoms. The van der Waals surface area contributed by atoms with Crippen molar-refractivity contribution in [3.05, 3.63) is 29.5 Å². The smallest absolute Gasteiger partial charge is 0.119 e. The average molecular weight is 260 g/mol. The summed E-state index contributed by atoms with van der Waals surface area (Å²) in [6, 6.07) is 6.12. The third-order valence-electron chi connectivity index (χ3n) is 3.77. The van der Waals surface area contributed by atoms with Crippen molar-refractivity contribution in [2.75, 3.05) is 26.8 Å². The fourth-order valence-electron chi connectivity index (χ4n) is 2.68. The molecule has 4 nitrogen and oxygen atoms in total. The fraction of sp³-hybridized carbons (Fsp3) is 0.467. The molecule has 0 radical (unpaired) electrons. The van der Waals surface area contributed by atoms with Gasteiger partial charge in [0.05, 0.1) is 7.11 Å². The average Bonchev–Trinajstić information content (AvgIpc) is 2.64. The van der Waals surface area contributed by atoms with Crippen LogP contribution in [0.25, 0.3) is 10.9 Å². The van der Waals surface area contributed by atoms with Crippen LogP contribution in [0.5, 0.6) is 5.75 Å². The van der Waals surface area contributed by atoms with Crippen molar-refractivity contribution < 1.29 is 9.47 Å². The molecule has 2 aromatic rings. The van der Waals surface area contributed by atoms with Crippen LogP contribution in [0.4, 0.5) is 0 Å². The van der Waals surface area contributed by atoms with Crippen LogP contribution in [0.3, 0.4) is 0 Å². The highest BCUT2D eigenvalue weighted by Crippen LogP contribution is 2.30. The van der Waals surface area contributed by atoms with Crippen molar-refractivity contribution in [3.8, 4) is 5.75 Å². The highest BCUT2D eigenvalue weighted by Gasteiger charge is 2.20. The van der Waals surface area contributed by atoms with Crippen molar-refractivity contribution in [3.63, 3.8) is 0 Å². The molecule has 3 rings (SSSR count). The summed E-state index contributed by atoms with van der Waals surface area (Å²) in [7, 11) is 1.70. The van der Waals surface area contributed by atoms with Gasteiger partial charge in [-0.3, -0.25) is 0 Å². The van der Waals surface area contributed by atoms with E-state index in [0.717, 1.165) is 37.4 Å². The molecule has 2 heterocycles.